The minimum absolute atomic E-state index is 0.00688. The molecule has 1 aliphatic heterocycles. The number of rotatable bonds is 5. The highest BCUT2D eigenvalue weighted by atomic mass is 127. The number of hydrogen-bond donors (Lipinski definition) is 2. The highest BCUT2D eigenvalue weighted by molar-refractivity contribution is 14.1. The van der Waals surface area contributed by atoms with Crippen LogP contribution in [0.25, 0.3) is 0 Å². The number of nitrogens with zero attached hydrogens (tertiary/aromatic N) is 2. The predicted octanol–water partition coefficient (Wildman–Crippen LogP) is 2.24. The minimum atomic E-state index is -0.178. The van der Waals surface area contributed by atoms with Crippen LogP contribution in [-0.2, 0) is 16.1 Å². The molecule has 3 rings (SSSR count). The fourth-order valence-electron chi connectivity index (χ4n) is 2.24. The van der Waals surface area contributed by atoms with E-state index in [-0.39, 0.29) is 18.4 Å². The molecule has 0 saturated carbocycles. The number of anilines is 2. The van der Waals surface area contributed by atoms with E-state index in [9.17, 15) is 9.59 Å². The third-order valence-electron chi connectivity index (χ3n) is 3.29. The van der Waals surface area contributed by atoms with Crippen molar-refractivity contribution in [2.75, 3.05) is 17.2 Å². The second kappa shape index (κ2) is 6.99. The Bertz CT molecular complexity index is 744. The van der Waals surface area contributed by atoms with Gasteiger partial charge in [-0.3, -0.25) is 14.3 Å². The molecule has 0 fully saturated rings. The number of hydrogen-bond acceptors (Lipinski definition) is 4. The fraction of sp³-hybridized carbons (Fsp3) is 0.267. The van der Waals surface area contributed by atoms with Crippen LogP contribution in [0.15, 0.2) is 30.6 Å². The van der Waals surface area contributed by atoms with Crippen LogP contribution in [0.5, 0.6) is 5.75 Å². The summed E-state index contributed by atoms with van der Waals surface area (Å²) in [5.74, 6) is 0.322. The van der Waals surface area contributed by atoms with Crippen molar-refractivity contribution in [1.82, 2.24) is 9.78 Å². The third-order valence-corrected chi connectivity index (χ3v) is 3.85. The Kier molecular flexibility index (Phi) is 4.79. The molecule has 0 bridgehead atoms. The molecule has 23 heavy (non-hydrogen) atoms. The van der Waals surface area contributed by atoms with E-state index in [0.29, 0.717) is 36.5 Å². The molecule has 0 atom stereocenters. The molecule has 120 valence electrons. The van der Waals surface area contributed by atoms with Gasteiger partial charge in [0, 0.05) is 30.9 Å². The lowest BCUT2D eigenvalue weighted by Gasteiger charge is -2.18. The molecule has 1 aromatic carbocycles. The molecular formula is C15H15IN4O3. The lowest BCUT2D eigenvalue weighted by molar-refractivity contribution is -0.118. The van der Waals surface area contributed by atoms with E-state index in [1.165, 1.54) is 0 Å². The van der Waals surface area contributed by atoms with Crippen LogP contribution in [0.4, 0.5) is 11.4 Å². The van der Waals surface area contributed by atoms with Crippen LogP contribution < -0.4 is 15.4 Å². The largest absolute Gasteiger partial charge is 0.482 e. The topological polar surface area (TPSA) is 85.2 Å². The maximum atomic E-state index is 12.0. The molecular weight excluding hydrogens is 411 g/mol. The number of aromatic nitrogens is 2. The maximum absolute atomic E-state index is 12.0. The van der Waals surface area contributed by atoms with E-state index >= 15 is 0 Å². The van der Waals surface area contributed by atoms with Crippen LogP contribution in [0.1, 0.15) is 12.8 Å². The van der Waals surface area contributed by atoms with E-state index in [4.69, 9.17) is 4.74 Å². The normalized spacial score (nSPS) is 13.0. The molecule has 0 unspecified atom stereocenters. The number of nitrogens with one attached hydrogen (secondary N) is 2. The van der Waals surface area contributed by atoms with Gasteiger partial charge in [0.1, 0.15) is 5.75 Å². The van der Waals surface area contributed by atoms with Gasteiger partial charge in [-0.05, 0) is 41.1 Å². The standard InChI is InChI=1S/C15H15IN4O3/c16-10-7-17-20(8-10)5-1-2-14(21)18-11-3-4-12-13(6-11)23-9-15(22)19-12/h3-4,6-8H,1-2,5,9H2,(H,18,21)(H,19,22). The summed E-state index contributed by atoms with van der Waals surface area (Å²) in [6.07, 6.45) is 4.84. The molecule has 2 amide bonds. The molecule has 1 aromatic heterocycles. The first kappa shape index (κ1) is 15.8. The Balaban J connectivity index is 1.50. The lowest BCUT2D eigenvalue weighted by Crippen LogP contribution is -2.25. The summed E-state index contributed by atoms with van der Waals surface area (Å²) in [6.45, 7) is 0.697. The summed E-state index contributed by atoms with van der Waals surface area (Å²) in [4.78, 5) is 23.2. The second-order valence-electron chi connectivity index (χ2n) is 5.12. The third kappa shape index (κ3) is 4.21. The number of benzene rings is 1. The zero-order valence-electron chi connectivity index (χ0n) is 12.2. The summed E-state index contributed by atoms with van der Waals surface area (Å²) in [5.41, 5.74) is 1.27. The van der Waals surface area contributed by atoms with Crippen LogP contribution in [-0.4, -0.2) is 28.2 Å². The molecule has 2 aromatic rings. The van der Waals surface area contributed by atoms with Gasteiger partial charge in [-0.2, -0.15) is 5.10 Å². The fourth-order valence-corrected chi connectivity index (χ4v) is 2.68. The van der Waals surface area contributed by atoms with Gasteiger partial charge in [0.15, 0.2) is 6.61 Å². The summed E-state index contributed by atoms with van der Waals surface area (Å²) in [6, 6.07) is 5.16. The molecule has 0 saturated heterocycles. The van der Waals surface area contributed by atoms with Crippen LogP contribution >= 0.6 is 22.6 Å². The smallest absolute Gasteiger partial charge is 0.262 e. The van der Waals surface area contributed by atoms with Crippen molar-refractivity contribution >= 4 is 45.8 Å². The van der Waals surface area contributed by atoms with Crippen molar-refractivity contribution in [3.63, 3.8) is 0 Å². The van der Waals surface area contributed by atoms with Gasteiger partial charge < -0.3 is 15.4 Å². The number of aryl methyl sites for hydroxylation is 1. The summed E-state index contributed by atoms with van der Waals surface area (Å²) >= 11 is 2.20. The first-order valence-electron chi connectivity index (χ1n) is 7.15. The number of carbonyl (C=O) groups is 2. The Morgan fingerprint density at radius 2 is 2.35 bits per heavy atom. The summed E-state index contributed by atoms with van der Waals surface area (Å²) in [7, 11) is 0. The van der Waals surface area contributed by atoms with Crippen molar-refractivity contribution in [2.24, 2.45) is 0 Å². The van der Waals surface area contributed by atoms with Crippen molar-refractivity contribution < 1.29 is 14.3 Å². The maximum Gasteiger partial charge on any atom is 0.262 e. The first-order valence-corrected chi connectivity index (χ1v) is 8.22. The van der Waals surface area contributed by atoms with Crippen molar-refractivity contribution in [3.05, 3.63) is 34.2 Å². The quantitative estimate of drug-likeness (QED) is 0.719. The van der Waals surface area contributed by atoms with Crippen molar-refractivity contribution in [3.8, 4) is 5.75 Å². The molecule has 8 heteroatoms. The number of fused-ring (bicyclic) bond motifs is 1. The SMILES string of the molecule is O=C(CCCn1cc(I)cn1)Nc1ccc2c(c1)OCC(=O)N2. The van der Waals surface area contributed by atoms with Gasteiger partial charge in [-0.15, -0.1) is 0 Å². The molecule has 1 aliphatic rings. The molecule has 2 heterocycles. The number of ether oxygens (including phenoxy) is 1. The Morgan fingerprint density at radius 1 is 1.48 bits per heavy atom. The predicted molar refractivity (Wildman–Crippen MR) is 93.4 cm³/mol. The average molecular weight is 426 g/mol. The van der Waals surface area contributed by atoms with Crippen LogP contribution in [0.3, 0.4) is 0 Å². The molecule has 2 N–H and O–H groups in total. The molecule has 0 radical (unpaired) electrons. The Hall–Kier alpha value is -2.10. The van der Waals surface area contributed by atoms with Crippen LogP contribution in [0.2, 0.25) is 0 Å². The second-order valence-corrected chi connectivity index (χ2v) is 6.37. The zero-order chi connectivity index (χ0) is 16.2. The van der Waals surface area contributed by atoms with Crippen molar-refractivity contribution in [1.29, 1.82) is 0 Å². The highest BCUT2D eigenvalue weighted by Gasteiger charge is 2.16. The number of halogens is 1. The summed E-state index contributed by atoms with van der Waals surface area (Å²) < 4.78 is 8.22. The van der Waals surface area contributed by atoms with E-state index < -0.39 is 0 Å². The number of amides is 2. The lowest BCUT2D eigenvalue weighted by atomic mass is 10.2. The van der Waals surface area contributed by atoms with E-state index in [1.54, 1.807) is 24.4 Å². The first-order chi connectivity index (χ1) is 11.1. The Labute approximate surface area is 146 Å². The molecule has 0 aliphatic carbocycles. The van der Waals surface area contributed by atoms with Gasteiger partial charge in [-0.1, -0.05) is 0 Å². The minimum Gasteiger partial charge on any atom is -0.482 e. The summed E-state index contributed by atoms with van der Waals surface area (Å²) in [5, 5.41) is 9.72. The van der Waals surface area contributed by atoms with Crippen molar-refractivity contribution in [2.45, 2.75) is 19.4 Å². The highest BCUT2D eigenvalue weighted by Crippen LogP contribution is 2.30. The van der Waals surface area contributed by atoms with Crippen LogP contribution in [0, 0.1) is 3.57 Å². The van der Waals surface area contributed by atoms with Gasteiger partial charge in [0.25, 0.3) is 5.91 Å². The van der Waals surface area contributed by atoms with Gasteiger partial charge >= 0.3 is 0 Å². The monoisotopic (exact) mass is 426 g/mol. The molecule has 7 nitrogen and oxygen atoms in total. The van der Waals surface area contributed by atoms with Gasteiger partial charge in [0.05, 0.1) is 15.5 Å². The Morgan fingerprint density at radius 3 is 3.13 bits per heavy atom. The molecule has 0 spiro atoms. The zero-order valence-corrected chi connectivity index (χ0v) is 14.4. The average Bonchev–Trinajstić information content (AvgIpc) is 2.93. The van der Waals surface area contributed by atoms with E-state index in [2.05, 4.69) is 38.3 Å². The van der Waals surface area contributed by atoms with Gasteiger partial charge in [-0.25, -0.2) is 0 Å². The van der Waals surface area contributed by atoms with Gasteiger partial charge in [0.2, 0.25) is 5.91 Å². The van der Waals surface area contributed by atoms with E-state index in [0.717, 1.165) is 3.57 Å². The number of carbonyl (C=O) groups excluding carboxylic acids is 2. The van der Waals surface area contributed by atoms with E-state index in [1.807, 2.05) is 10.9 Å².